The lowest BCUT2D eigenvalue weighted by atomic mass is 10.2. The fourth-order valence-corrected chi connectivity index (χ4v) is 2.40. The van der Waals surface area contributed by atoms with Gasteiger partial charge in [-0.25, -0.2) is 0 Å². The molecule has 7 nitrogen and oxygen atoms in total. The molecule has 1 aromatic carbocycles. The number of benzene rings is 1. The van der Waals surface area contributed by atoms with E-state index in [0.29, 0.717) is 29.8 Å². The highest BCUT2D eigenvalue weighted by molar-refractivity contribution is 14.0. The Morgan fingerprint density at radius 1 is 1.08 bits per heavy atom. The first-order valence-corrected chi connectivity index (χ1v) is 7.97. The van der Waals surface area contributed by atoms with Crippen molar-refractivity contribution in [1.29, 1.82) is 0 Å². The van der Waals surface area contributed by atoms with E-state index in [1.54, 1.807) is 34.6 Å². The second-order valence-electron chi connectivity index (χ2n) is 5.22. The third kappa shape index (κ3) is 6.01. The SMILES string of the molecule is CN=C(NCCc1ccco1)NCc1cc(OC)c(OC)c(OC)c1.I. The summed E-state index contributed by atoms with van der Waals surface area (Å²) in [4.78, 5) is 4.22. The van der Waals surface area contributed by atoms with Crippen LogP contribution in [-0.2, 0) is 13.0 Å². The Kier molecular flexibility index (Phi) is 9.71. The van der Waals surface area contributed by atoms with Crippen molar-refractivity contribution in [2.75, 3.05) is 34.9 Å². The van der Waals surface area contributed by atoms with Gasteiger partial charge in [-0.15, -0.1) is 24.0 Å². The number of furan rings is 1. The lowest BCUT2D eigenvalue weighted by Crippen LogP contribution is -2.37. The topological polar surface area (TPSA) is 77.3 Å². The van der Waals surface area contributed by atoms with E-state index in [0.717, 1.165) is 24.3 Å². The zero-order chi connectivity index (χ0) is 18.1. The molecule has 2 N–H and O–H groups in total. The second kappa shape index (κ2) is 11.5. The molecule has 0 saturated carbocycles. The molecule has 0 aliphatic heterocycles. The van der Waals surface area contributed by atoms with Gasteiger partial charge >= 0.3 is 0 Å². The van der Waals surface area contributed by atoms with Gasteiger partial charge in [0.1, 0.15) is 5.76 Å². The standard InChI is InChI=1S/C18H25N3O4.HI/c1-19-18(20-8-7-14-6-5-9-25-14)21-12-13-10-15(22-2)17(24-4)16(11-13)23-3;/h5-6,9-11H,7-8,12H2,1-4H3,(H2,19,20,21);1H. The monoisotopic (exact) mass is 475 g/mol. The summed E-state index contributed by atoms with van der Waals surface area (Å²) in [6.07, 6.45) is 2.46. The van der Waals surface area contributed by atoms with E-state index in [9.17, 15) is 0 Å². The average Bonchev–Trinajstić information content (AvgIpc) is 3.16. The van der Waals surface area contributed by atoms with Crippen LogP contribution < -0.4 is 24.8 Å². The van der Waals surface area contributed by atoms with Gasteiger partial charge in [0.05, 0.1) is 27.6 Å². The molecule has 0 bridgehead atoms. The summed E-state index contributed by atoms with van der Waals surface area (Å²) in [6.45, 7) is 1.29. The molecule has 0 saturated heterocycles. The van der Waals surface area contributed by atoms with Gasteiger partial charge in [0.2, 0.25) is 5.75 Å². The van der Waals surface area contributed by atoms with Gasteiger partial charge in [-0.3, -0.25) is 4.99 Å². The quantitative estimate of drug-likeness (QED) is 0.348. The van der Waals surface area contributed by atoms with Gasteiger partial charge in [-0.2, -0.15) is 0 Å². The predicted molar refractivity (Wildman–Crippen MR) is 112 cm³/mol. The fourth-order valence-electron chi connectivity index (χ4n) is 2.40. The van der Waals surface area contributed by atoms with Crippen molar-refractivity contribution >= 4 is 29.9 Å². The van der Waals surface area contributed by atoms with E-state index in [1.165, 1.54) is 0 Å². The van der Waals surface area contributed by atoms with Gasteiger partial charge in [0.15, 0.2) is 17.5 Å². The van der Waals surface area contributed by atoms with Gasteiger partial charge in [-0.1, -0.05) is 0 Å². The van der Waals surface area contributed by atoms with Crippen LogP contribution in [-0.4, -0.2) is 40.9 Å². The Morgan fingerprint density at radius 3 is 2.27 bits per heavy atom. The Bertz CT molecular complexity index is 665. The third-order valence-corrected chi connectivity index (χ3v) is 3.65. The molecule has 0 fully saturated rings. The van der Waals surface area contributed by atoms with Crippen LogP contribution in [0.3, 0.4) is 0 Å². The maximum Gasteiger partial charge on any atom is 0.203 e. The van der Waals surface area contributed by atoms with E-state index in [-0.39, 0.29) is 24.0 Å². The molecule has 1 aromatic heterocycles. The van der Waals surface area contributed by atoms with Crippen LogP contribution in [0.5, 0.6) is 17.2 Å². The van der Waals surface area contributed by atoms with E-state index < -0.39 is 0 Å². The predicted octanol–water partition coefficient (Wildman–Crippen LogP) is 2.83. The van der Waals surface area contributed by atoms with Crippen LogP contribution >= 0.6 is 24.0 Å². The van der Waals surface area contributed by atoms with Crippen LogP contribution in [0.25, 0.3) is 0 Å². The molecule has 1 heterocycles. The third-order valence-electron chi connectivity index (χ3n) is 3.65. The Balaban J connectivity index is 0.00000338. The molecule has 0 amide bonds. The summed E-state index contributed by atoms with van der Waals surface area (Å²) in [6, 6.07) is 7.65. The zero-order valence-electron chi connectivity index (χ0n) is 15.5. The number of ether oxygens (including phenoxy) is 3. The molecule has 2 aromatic rings. The van der Waals surface area contributed by atoms with E-state index in [1.807, 2.05) is 24.3 Å². The van der Waals surface area contributed by atoms with E-state index >= 15 is 0 Å². The van der Waals surface area contributed by atoms with Gasteiger partial charge < -0.3 is 29.3 Å². The van der Waals surface area contributed by atoms with Gasteiger partial charge in [0.25, 0.3) is 0 Å². The van der Waals surface area contributed by atoms with Crippen molar-refractivity contribution in [3.05, 3.63) is 41.9 Å². The maximum absolute atomic E-state index is 5.37. The average molecular weight is 475 g/mol. The summed E-state index contributed by atoms with van der Waals surface area (Å²) in [5.41, 5.74) is 0.989. The van der Waals surface area contributed by atoms with Crippen molar-refractivity contribution in [2.24, 2.45) is 4.99 Å². The van der Waals surface area contributed by atoms with Crippen molar-refractivity contribution < 1.29 is 18.6 Å². The summed E-state index contributed by atoms with van der Waals surface area (Å²) < 4.78 is 21.4. The molecule has 144 valence electrons. The van der Waals surface area contributed by atoms with Crippen LogP contribution in [0.1, 0.15) is 11.3 Å². The first-order chi connectivity index (χ1) is 12.2. The van der Waals surface area contributed by atoms with Gasteiger partial charge in [0, 0.05) is 26.6 Å². The molecule has 0 radical (unpaired) electrons. The molecule has 2 rings (SSSR count). The summed E-state index contributed by atoms with van der Waals surface area (Å²) >= 11 is 0. The van der Waals surface area contributed by atoms with Crippen LogP contribution in [0.2, 0.25) is 0 Å². The number of methoxy groups -OCH3 is 3. The minimum absolute atomic E-state index is 0. The molecule has 0 aliphatic rings. The molecule has 0 aliphatic carbocycles. The lowest BCUT2D eigenvalue weighted by molar-refractivity contribution is 0.323. The first-order valence-electron chi connectivity index (χ1n) is 7.97. The zero-order valence-corrected chi connectivity index (χ0v) is 17.8. The molecule has 26 heavy (non-hydrogen) atoms. The minimum atomic E-state index is 0. The summed E-state index contributed by atoms with van der Waals surface area (Å²) in [7, 11) is 6.52. The number of hydrogen-bond donors (Lipinski definition) is 2. The van der Waals surface area contributed by atoms with Crippen molar-refractivity contribution in [3.63, 3.8) is 0 Å². The highest BCUT2D eigenvalue weighted by Gasteiger charge is 2.13. The highest BCUT2D eigenvalue weighted by Crippen LogP contribution is 2.38. The first kappa shape index (κ1) is 21.9. The Labute approximate surface area is 171 Å². The van der Waals surface area contributed by atoms with E-state index in [2.05, 4.69) is 15.6 Å². The normalized spacial score (nSPS) is 10.7. The van der Waals surface area contributed by atoms with Crippen molar-refractivity contribution in [2.45, 2.75) is 13.0 Å². The molecule has 0 atom stereocenters. The Hall–Kier alpha value is -2.10. The molecular formula is C18H26IN3O4. The summed E-state index contributed by atoms with van der Waals surface area (Å²) in [5, 5.41) is 6.51. The Morgan fingerprint density at radius 2 is 1.77 bits per heavy atom. The fraction of sp³-hybridized carbons (Fsp3) is 0.389. The smallest absolute Gasteiger partial charge is 0.203 e. The number of nitrogens with zero attached hydrogens (tertiary/aromatic N) is 1. The number of guanidine groups is 1. The van der Waals surface area contributed by atoms with Crippen molar-refractivity contribution in [3.8, 4) is 17.2 Å². The lowest BCUT2D eigenvalue weighted by Gasteiger charge is -2.15. The molecule has 8 heteroatoms. The number of halogens is 1. The van der Waals surface area contributed by atoms with Crippen LogP contribution in [0, 0.1) is 0 Å². The number of rotatable bonds is 8. The summed E-state index contributed by atoms with van der Waals surface area (Å²) in [5.74, 6) is 3.47. The van der Waals surface area contributed by atoms with Crippen molar-refractivity contribution in [1.82, 2.24) is 10.6 Å². The minimum Gasteiger partial charge on any atom is -0.493 e. The highest BCUT2D eigenvalue weighted by atomic mass is 127. The largest absolute Gasteiger partial charge is 0.493 e. The number of hydrogen-bond acceptors (Lipinski definition) is 5. The molecule has 0 spiro atoms. The van der Waals surface area contributed by atoms with Crippen LogP contribution in [0.4, 0.5) is 0 Å². The number of aliphatic imine (C=N–C) groups is 1. The van der Waals surface area contributed by atoms with Gasteiger partial charge in [-0.05, 0) is 29.8 Å². The molecular weight excluding hydrogens is 449 g/mol. The number of nitrogens with one attached hydrogen (secondary N) is 2. The second-order valence-corrected chi connectivity index (χ2v) is 5.22. The van der Waals surface area contributed by atoms with Crippen LogP contribution in [0.15, 0.2) is 39.9 Å². The maximum atomic E-state index is 5.37. The molecule has 0 unspecified atom stereocenters. The van der Waals surface area contributed by atoms with E-state index in [4.69, 9.17) is 18.6 Å².